The number of piperidine rings is 1. The summed E-state index contributed by atoms with van der Waals surface area (Å²) in [7, 11) is 1.62. The number of rotatable bonds is 6. The summed E-state index contributed by atoms with van der Waals surface area (Å²) < 4.78 is 5.39. The van der Waals surface area contributed by atoms with E-state index in [1.54, 1.807) is 7.11 Å². The number of carbonyl (C=O) groups is 1. The maximum atomic E-state index is 13.0. The summed E-state index contributed by atoms with van der Waals surface area (Å²) in [5.74, 6) is 1.05. The molecule has 2 aromatic rings. The van der Waals surface area contributed by atoms with Gasteiger partial charge in [0, 0.05) is 23.6 Å². The van der Waals surface area contributed by atoms with Crippen LogP contribution in [0.15, 0.2) is 30.3 Å². The van der Waals surface area contributed by atoms with Gasteiger partial charge in [-0.25, -0.2) is 0 Å². The molecule has 2 aromatic carbocycles. The second-order valence-electron chi connectivity index (χ2n) is 7.02. The predicted octanol–water partition coefficient (Wildman–Crippen LogP) is 4.22. The molecule has 0 aliphatic carbocycles. The van der Waals surface area contributed by atoms with Crippen LogP contribution in [0, 0.1) is 17.2 Å². The van der Waals surface area contributed by atoms with E-state index in [9.17, 15) is 4.79 Å². The van der Waals surface area contributed by atoms with Crippen molar-refractivity contribution in [1.29, 1.82) is 5.26 Å². The van der Waals surface area contributed by atoms with Crippen molar-refractivity contribution in [2.45, 2.75) is 32.6 Å². The van der Waals surface area contributed by atoms with Crippen molar-refractivity contribution in [3.8, 4) is 11.8 Å². The highest BCUT2D eigenvalue weighted by Gasteiger charge is 2.26. The van der Waals surface area contributed by atoms with Crippen LogP contribution >= 0.6 is 0 Å². The number of Topliss-reactive ketones (excluding diaryl/α,β-unsaturated/α-hetero) is 1. The molecule has 136 valence electrons. The van der Waals surface area contributed by atoms with E-state index in [1.807, 2.05) is 30.3 Å². The van der Waals surface area contributed by atoms with E-state index in [-0.39, 0.29) is 11.7 Å². The van der Waals surface area contributed by atoms with E-state index in [2.05, 4.69) is 17.9 Å². The van der Waals surface area contributed by atoms with Crippen LogP contribution in [-0.2, 0) is 6.42 Å². The van der Waals surface area contributed by atoms with Crippen molar-refractivity contribution >= 4 is 16.6 Å². The molecule has 0 aromatic heterocycles. The molecule has 1 fully saturated rings. The van der Waals surface area contributed by atoms with Gasteiger partial charge < -0.3 is 9.64 Å². The molecule has 0 N–H and O–H groups in total. The number of benzene rings is 2. The molecule has 0 amide bonds. The van der Waals surface area contributed by atoms with Crippen LogP contribution in [0.3, 0.4) is 0 Å². The Labute approximate surface area is 155 Å². The first-order valence-corrected chi connectivity index (χ1v) is 9.41. The lowest BCUT2D eigenvalue weighted by molar-refractivity contribution is 0.0820. The number of hydrogen-bond donors (Lipinski definition) is 0. The lowest BCUT2D eigenvalue weighted by atomic mass is 9.88. The van der Waals surface area contributed by atoms with Gasteiger partial charge in [0.15, 0.2) is 5.78 Å². The Kier molecular flexibility index (Phi) is 5.90. The fraction of sp³-hybridized carbons (Fsp3) is 0.455. The first-order chi connectivity index (χ1) is 12.7. The number of ketones is 1. The number of nitrogens with zero attached hydrogens (tertiary/aromatic N) is 2. The summed E-state index contributed by atoms with van der Waals surface area (Å²) in [6, 6.07) is 11.9. The SMILES string of the molecule is CCCN1CCCC(C(=O)c2ccc3c(CC#N)c(OC)ccc3c2)C1. The minimum absolute atomic E-state index is 0.0876. The molecule has 1 atom stereocenters. The number of methoxy groups -OCH3 is 1. The average Bonchev–Trinajstić information content (AvgIpc) is 2.68. The number of fused-ring (bicyclic) bond motifs is 1. The molecule has 1 aliphatic rings. The van der Waals surface area contributed by atoms with Gasteiger partial charge in [-0.05, 0) is 55.3 Å². The maximum absolute atomic E-state index is 13.0. The molecular formula is C22H26N2O2. The van der Waals surface area contributed by atoms with Crippen molar-refractivity contribution in [2.75, 3.05) is 26.7 Å². The standard InChI is InChI=1S/C22H26N2O2/c1-3-12-24-13-4-5-18(15-24)22(25)17-6-8-19-16(14-17)7-9-21(26-2)20(19)10-11-23/h6-9,14,18H,3-5,10,12-13,15H2,1-2H3. The number of nitriles is 1. The molecule has 1 heterocycles. The first kappa shape index (κ1) is 18.4. The Morgan fingerprint density at radius 3 is 2.92 bits per heavy atom. The van der Waals surface area contributed by atoms with Crippen LogP contribution in [0.1, 0.15) is 42.1 Å². The molecule has 0 saturated carbocycles. The van der Waals surface area contributed by atoms with Crippen LogP contribution < -0.4 is 4.74 Å². The lowest BCUT2D eigenvalue weighted by Gasteiger charge is -2.31. The Morgan fingerprint density at radius 1 is 1.35 bits per heavy atom. The van der Waals surface area contributed by atoms with Crippen LogP contribution in [-0.4, -0.2) is 37.4 Å². The molecule has 1 saturated heterocycles. The minimum Gasteiger partial charge on any atom is -0.496 e. The van der Waals surface area contributed by atoms with E-state index in [1.165, 1.54) is 0 Å². The summed E-state index contributed by atoms with van der Waals surface area (Å²) >= 11 is 0. The van der Waals surface area contributed by atoms with Crippen LogP contribution in [0.5, 0.6) is 5.75 Å². The number of carbonyl (C=O) groups excluding carboxylic acids is 1. The van der Waals surface area contributed by atoms with Crippen molar-refractivity contribution in [3.63, 3.8) is 0 Å². The summed E-state index contributed by atoms with van der Waals surface area (Å²) in [4.78, 5) is 15.4. The van der Waals surface area contributed by atoms with E-state index in [0.717, 1.165) is 66.5 Å². The molecule has 0 radical (unpaired) electrons. The zero-order chi connectivity index (χ0) is 18.5. The van der Waals surface area contributed by atoms with Crippen LogP contribution in [0.25, 0.3) is 10.8 Å². The smallest absolute Gasteiger partial charge is 0.167 e. The Bertz CT molecular complexity index is 836. The lowest BCUT2D eigenvalue weighted by Crippen LogP contribution is -2.39. The highest BCUT2D eigenvalue weighted by Crippen LogP contribution is 2.30. The van der Waals surface area contributed by atoms with Crippen molar-refractivity contribution < 1.29 is 9.53 Å². The predicted molar refractivity (Wildman–Crippen MR) is 104 cm³/mol. The number of ether oxygens (including phenoxy) is 1. The third-order valence-corrected chi connectivity index (χ3v) is 5.26. The molecular weight excluding hydrogens is 324 g/mol. The average molecular weight is 350 g/mol. The van der Waals surface area contributed by atoms with Crippen LogP contribution in [0.4, 0.5) is 0 Å². The second kappa shape index (κ2) is 8.33. The molecule has 1 aliphatic heterocycles. The van der Waals surface area contributed by atoms with Gasteiger partial charge in [-0.2, -0.15) is 5.26 Å². The summed E-state index contributed by atoms with van der Waals surface area (Å²) in [5, 5.41) is 11.1. The number of likely N-dealkylation sites (tertiary alicyclic amines) is 1. The van der Waals surface area contributed by atoms with Gasteiger partial charge in [0.2, 0.25) is 0 Å². The third kappa shape index (κ3) is 3.73. The maximum Gasteiger partial charge on any atom is 0.167 e. The van der Waals surface area contributed by atoms with Crippen molar-refractivity contribution in [1.82, 2.24) is 4.90 Å². The van der Waals surface area contributed by atoms with E-state index in [4.69, 9.17) is 10.00 Å². The van der Waals surface area contributed by atoms with Crippen LogP contribution in [0.2, 0.25) is 0 Å². The molecule has 26 heavy (non-hydrogen) atoms. The Hall–Kier alpha value is -2.38. The first-order valence-electron chi connectivity index (χ1n) is 9.41. The second-order valence-corrected chi connectivity index (χ2v) is 7.02. The monoisotopic (exact) mass is 350 g/mol. The molecule has 0 bridgehead atoms. The van der Waals surface area contributed by atoms with Gasteiger partial charge in [0.1, 0.15) is 5.75 Å². The summed E-state index contributed by atoms with van der Waals surface area (Å²) in [5.41, 5.74) is 1.66. The molecule has 3 rings (SSSR count). The summed E-state index contributed by atoms with van der Waals surface area (Å²) in [6.07, 6.45) is 3.48. The fourth-order valence-electron chi connectivity index (χ4n) is 4.00. The Morgan fingerprint density at radius 2 is 2.19 bits per heavy atom. The van der Waals surface area contributed by atoms with Crippen molar-refractivity contribution in [2.24, 2.45) is 5.92 Å². The van der Waals surface area contributed by atoms with E-state index in [0.29, 0.717) is 6.42 Å². The van der Waals surface area contributed by atoms with E-state index >= 15 is 0 Å². The largest absolute Gasteiger partial charge is 0.496 e. The zero-order valence-corrected chi connectivity index (χ0v) is 15.6. The number of hydrogen-bond acceptors (Lipinski definition) is 4. The Balaban J connectivity index is 1.89. The summed E-state index contributed by atoms with van der Waals surface area (Å²) in [6.45, 7) is 5.22. The highest BCUT2D eigenvalue weighted by atomic mass is 16.5. The van der Waals surface area contributed by atoms with E-state index < -0.39 is 0 Å². The van der Waals surface area contributed by atoms with Gasteiger partial charge in [-0.3, -0.25) is 4.79 Å². The van der Waals surface area contributed by atoms with Crippen molar-refractivity contribution in [3.05, 3.63) is 41.5 Å². The van der Waals surface area contributed by atoms with Gasteiger partial charge in [0.05, 0.1) is 19.6 Å². The quantitative estimate of drug-likeness (QED) is 0.732. The minimum atomic E-state index is 0.0876. The molecule has 0 spiro atoms. The van der Waals surface area contributed by atoms with Gasteiger partial charge in [-0.1, -0.05) is 25.1 Å². The van der Waals surface area contributed by atoms with Gasteiger partial charge in [0.25, 0.3) is 0 Å². The molecule has 4 nitrogen and oxygen atoms in total. The third-order valence-electron chi connectivity index (χ3n) is 5.26. The fourth-order valence-corrected chi connectivity index (χ4v) is 4.00. The van der Waals surface area contributed by atoms with Gasteiger partial charge in [-0.15, -0.1) is 0 Å². The van der Waals surface area contributed by atoms with Gasteiger partial charge >= 0.3 is 0 Å². The highest BCUT2D eigenvalue weighted by molar-refractivity contribution is 6.02. The molecule has 1 unspecified atom stereocenters. The normalized spacial score (nSPS) is 17.8. The topological polar surface area (TPSA) is 53.3 Å². The molecule has 4 heteroatoms. The zero-order valence-electron chi connectivity index (χ0n) is 15.6.